The van der Waals surface area contributed by atoms with E-state index in [1.807, 2.05) is 24.3 Å². The average Bonchev–Trinajstić information content (AvgIpc) is 2.67. The van der Waals surface area contributed by atoms with Gasteiger partial charge in [-0.15, -0.1) is 0 Å². The Balaban J connectivity index is 1.68. The van der Waals surface area contributed by atoms with Gasteiger partial charge in [-0.05, 0) is 42.5 Å². The van der Waals surface area contributed by atoms with Crippen molar-refractivity contribution >= 4 is 11.7 Å². The summed E-state index contributed by atoms with van der Waals surface area (Å²) < 4.78 is 5.22. The van der Waals surface area contributed by atoms with Crippen LogP contribution in [0.1, 0.15) is 47.8 Å². The summed E-state index contributed by atoms with van der Waals surface area (Å²) >= 11 is 0. The third kappa shape index (κ3) is 3.39. The number of methoxy groups -OCH3 is 1. The van der Waals surface area contributed by atoms with Gasteiger partial charge in [0.15, 0.2) is 5.78 Å². The van der Waals surface area contributed by atoms with Crippen molar-refractivity contribution in [1.82, 2.24) is 5.32 Å². The topological polar surface area (TPSA) is 55.4 Å². The smallest absolute Gasteiger partial charge is 0.225 e. The third-order valence-electron chi connectivity index (χ3n) is 5.60. The highest BCUT2D eigenvalue weighted by Crippen LogP contribution is 2.42. The van der Waals surface area contributed by atoms with E-state index in [9.17, 15) is 9.59 Å². The molecule has 4 nitrogen and oxygen atoms in total. The Bertz CT molecular complexity index is 910. The molecule has 0 saturated carbocycles. The van der Waals surface area contributed by atoms with E-state index in [0.29, 0.717) is 19.3 Å². The molecule has 1 N–H and O–H groups in total. The second kappa shape index (κ2) is 7.03. The molecule has 4 heteroatoms. The molecule has 2 atom stereocenters. The van der Waals surface area contributed by atoms with Crippen LogP contribution in [-0.4, -0.2) is 18.8 Å². The molecule has 138 valence electrons. The van der Waals surface area contributed by atoms with Crippen LogP contribution in [0.5, 0.6) is 5.75 Å². The molecule has 0 radical (unpaired) electrons. The van der Waals surface area contributed by atoms with Crippen LogP contribution in [0.2, 0.25) is 0 Å². The van der Waals surface area contributed by atoms with Crippen LogP contribution in [0, 0.1) is 6.92 Å². The van der Waals surface area contributed by atoms with Crippen LogP contribution in [-0.2, 0) is 9.59 Å². The maximum absolute atomic E-state index is 13.1. The van der Waals surface area contributed by atoms with Crippen molar-refractivity contribution in [3.05, 3.63) is 76.5 Å². The molecule has 0 saturated heterocycles. The largest absolute Gasteiger partial charge is 0.497 e. The number of nitrogens with one attached hydrogen (secondary N) is 1. The van der Waals surface area contributed by atoms with E-state index < -0.39 is 0 Å². The Morgan fingerprint density at radius 2 is 1.56 bits per heavy atom. The fourth-order valence-corrected chi connectivity index (χ4v) is 4.16. The van der Waals surface area contributed by atoms with Gasteiger partial charge >= 0.3 is 0 Å². The number of amides is 1. The lowest BCUT2D eigenvalue weighted by Crippen LogP contribution is -2.38. The Morgan fingerprint density at radius 3 is 2.22 bits per heavy atom. The molecule has 2 aromatic carbocycles. The van der Waals surface area contributed by atoms with E-state index in [1.54, 1.807) is 7.11 Å². The van der Waals surface area contributed by atoms with Gasteiger partial charge in [-0.1, -0.05) is 42.0 Å². The van der Waals surface area contributed by atoms with Crippen LogP contribution in [0.3, 0.4) is 0 Å². The zero-order chi connectivity index (χ0) is 19.0. The Kier molecular flexibility index (Phi) is 4.56. The number of Topliss-reactive ketones (excluding diaryl/α,β-unsaturated/α-hetero) is 1. The normalized spacial score (nSPS) is 22.3. The summed E-state index contributed by atoms with van der Waals surface area (Å²) in [4.78, 5) is 25.4. The van der Waals surface area contributed by atoms with Crippen molar-refractivity contribution in [3.8, 4) is 5.75 Å². The highest BCUT2D eigenvalue weighted by atomic mass is 16.5. The molecular formula is C23H23NO3. The number of benzene rings is 2. The summed E-state index contributed by atoms with van der Waals surface area (Å²) in [5.74, 6) is 0.829. The first kappa shape index (κ1) is 17.5. The number of rotatable bonds is 3. The summed E-state index contributed by atoms with van der Waals surface area (Å²) in [6.45, 7) is 2.05. The number of ether oxygens (including phenoxy) is 1. The van der Waals surface area contributed by atoms with Crippen LogP contribution in [0.15, 0.2) is 59.8 Å². The molecule has 1 aliphatic heterocycles. The van der Waals surface area contributed by atoms with E-state index in [4.69, 9.17) is 4.74 Å². The van der Waals surface area contributed by atoms with Gasteiger partial charge in [-0.25, -0.2) is 0 Å². The van der Waals surface area contributed by atoms with E-state index in [1.165, 1.54) is 5.56 Å². The Morgan fingerprint density at radius 1 is 0.889 bits per heavy atom. The standard InChI is InChI=1S/C23H23NO3/c1-14-3-5-15(6-4-14)17-11-20-23(21(25)12-17)19(13-22(26)24-20)16-7-9-18(27-2)10-8-16/h3-10,17,19H,11-13H2,1-2H3,(H,24,26). The zero-order valence-electron chi connectivity index (χ0n) is 15.6. The second-order valence-electron chi connectivity index (χ2n) is 7.41. The van der Waals surface area contributed by atoms with Gasteiger partial charge in [-0.3, -0.25) is 9.59 Å². The molecule has 1 aliphatic carbocycles. The first-order valence-corrected chi connectivity index (χ1v) is 9.31. The predicted molar refractivity (Wildman–Crippen MR) is 104 cm³/mol. The third-order valence-corrected chi connectivity index (χ3v) is 5.60. The van der Waals surface area contributed by atoms with Crippen molar-refractivity contribution < 1.29 is 14.3 Å². The lowest BCUT2D eigenvalue weighted by Gasteiger charge is -2.34. The molecule has 0 spiro atoms. The summed E-state index contributed by atoms with van der Waals surface area (Å²) in [6.07, 6.45) is 1.50. The number of ketones is 1. The summed E-state index contributed by atoms with van der Waals surface area (Å²) in [6, 6.07) is 16.0. The SMILES string of the molecule is COc1ccc(C2CC(=O)NC3=C2C(=O)CC(c2ccc(C)cc2)C3)cc1. The maximum Gasteiger partial charge on any atom is 0.225 e. The van der Waals surface area contributed by atoms with E-state index in [0.717, 1.165) is 28.1 Å². The van der Waals surface area contributed by atoms with Crippen molar-refractivity contribution in [2.24, 2.45) is 0 Å². The quantitative estimate of drug-likeness (QED) is 0.899. The van der Waals surface area contributed by atoms with Crippen molar-refractivity contribution in [3.63, 3.8) is 0 Å². The van der Waals surface area contributed by atoms with Gasteiger partial charge < -0.3 is 10.1 Å². The molecule has 2 aliphatic rings. The minimum atomic E-state index is -0.175. The minimum Gasteiger partial charge on any atom is -0.497 e. The van der Waals surface area contributed by atoms with E-state index >= 15 is 0 Å². The highest BCUT2D eigenvalue weighted by molar-refractivity contribution is 6.02. The molecule has 2 unspecified atom stereocenters. The molecule has 0 aromatic heterocycles. The van der Waals surface area contributed by atoms with E-state index in [2.05, 4.69) is 36.5 Å². The lowest BCUT2D eigenvalue weighted by molar-refractivity contribution is -0.122. The van der Waals surface area contributed by atoms with Gasteiger partial charge in [0.25, 0.3) is 0 Å². The number of allylic oxidation sites excluding steroid dienone is 2. The van der Waals surface area contributed by atoms with Crippen LogP contribution >= 0.6 is 0 Å². The average molecular weight is 361 g/mol. The first-order chi connectivity index (χ1) is 13.0. The summed E-state index contributed by atoms with van der Waals surface area (Å²) in [5, 5.41) is 2.98. The van der Waals surface area contributed by atoms with Gasteiger partial charge in [0, 0.05) is 30.0 Å². The molecule has 1 amide bonds. The number of hydrogen-bond acceptors (Lipinski definition) is 3. The van der Waals surface area contributed by atoms with Crippen molar-refractivity contribution in [2.45, 2.75) is 38.0 Å². The number of aryl methyl sites for hydroxylation is 1. The van der Waals surface area contributed by atoms with Crippen LogP contribution in [0.25, 0.3) is 0 Å². The molecule has 1 heterocycles. The molecule has 2 aromatic rings. The van der Waals surface area contributed by atoms with Crippen LogP contribution in [0.4, 0.5) is 0 Å². The number of carbonyl (C=O) groups is 2. The Hall–Kier alpha value is -2.88. The highest BCUT2D eigenvalue weighted by Gasteiger charge is 2.38. The van der Waals surface area contributed by atoms with Gasteiger partial charge in [0.1, 0.15) is 5.75 Å². The monoisotopic (exact) mass is 361 g/mol. The second-order valence-corrected chi connectivity index (χ2v) is 7.41. The van der Waals surface area contributed by atoms with Gasteiger partial charge in [0.05, 0.1) is 7.11 Å². The van der Waals surface area contributed by atoms with Gasteiger partial charge in [0.2, 0.25) is 5.91 Å². The molecule has 0 fully saturated rings. The fourth-order valence-electron chi connectivity index (χ4n) is 4.16. The predicted octanol–water partition coefficient (Wildman–Crippen LogP) is 4.01. The molecule has 0 bridgehead atoms. The Labute approximate surface area is 159 Å². The fraction of sp³-hybridized carbons (Fsp3) is 0.304. The van der Waals surface area contributed by atoms with Gasteiger partial charge in [-0.2, -0.15) is 0 Å². The van der Waals surface area contributed by atoms with Crippen molar-refractivity contribution in [2.75, 3.05) is 7.11 Å². The summed E-state index contributed by atoms with van der Waals surface area (Å²) in [5.41, 5.74) is 4.92. The molecule has 27 heavy (non-hydrogen) atoms. The molecular weight excluding hydrogens is 338 g/mol. The maximum atomic E-state index is 13.1. The lowest BCUT2D eigenvalue weighted by atomic mass is 9.73. The minimum absolute atomic E-state index is 0.0214. The zero-order valence-corrected chi connectivity index (χ0v) is 15.6. The summed E-state index contributed by atoms with van der Waals surface area (Å²) in [7, 11) is 1.62. The van der Waals surface area contributed by atoms with E-state index in [-0.39, 0.29) is 23.5 Å². The molecule has 4 rings (SSSR count). The first-order valence-electron chi connectivity index (χ1n) is 9.31. The number of carbonyl (C=O) groups excluding carboxylic acids is 2. The van der Waals surface area contributed by atoms with Crippen LogP contribution < -0.4 is 10.1 Å². The number of hydrogen-bond donors (Lipinski definition) is 1. The van der Waals surface area contributed by atoms with Crippen molar-refractivity contribution in [1.29, 1.82) is 0 Å².